The topological polar surface area (TPSA) is 49.8 Å². The molecule has 2 N–H and O–H groups in total. The van der Waals surface area contributed by atoms with Crippen LogP contribution in [0.15, 0.2) is 18.2 Å². The predicted molar refractivity (Wildman–Crippen MR) is 77.5 cm³/mol. The number of carbonyl (C=O) groups is 1. The van der Waals surface area contributed by atoms with Gasteiger partial charge in [-0.1, -0.05) is 6.07 Å². The summed E-state index contributed by atoms with van der Waals surface area (Å²) in [5, 5.41) is 2.95. The molecule has 0 radical (unpaired) electrons. The molecule has 20 heavy (non-hydrogen) atoms. The van der Waals surface area contributed by atoms with Crippen molar-refractivity contribution in [2.45, 2.75) is 38.3 Å². The van der Waals surface area contributed by atoms with Gasteiger partial charge < -0.3 is 14.9 Å². The number of hydrogen-bond donors (Lipinski definition) is 2. The number of imidazole rings is 1. The highest BCUT2D eigenvalue weighted by Crippen LogP contribution is 2.19. The largest absolute Gasteiger partial charge is 0.353 e. The Bertz CT molecular complexity index is 702. The summed E-state index contributed by atoms with van der Waals surface area (Å²) >= 11 is 5.21. The van der Waals surface area contributed by atoms with Gasteiger partial charge in [-0.05, 0) is 43.6 Å². The molecule has 106 valence electrons. The zero-order valence-corrected chi connectivity index (χ0v) is 11.8. The molecule has 1 saturated carbocycles. The second-order valence-corrected chi connectivity index (χ2v) is 5.55. The van der Waals surface area contributed by atoms with Crippen LogP contribution in [0.25, 0.3) is 11.0 Å². The maximum Gasteiger partial charge on any atom is 0.220 e. The van der Waals surface area contributed by atoms with E-state index < -0.39 is 0 Å². The molecule has 1 aromatic carbocycles. The number of halogens is 1. The van der Waals surface area contributed by atoms with Crippen LogP contribution in [0.3, 0.4) is 0 Å². The van der Waals surface area contributed by atoms with Crippen molar-refractivity contribution in [1.82, 2.24) is 14.9 Å². The zero-order chi connectivity index (χ0) is 14.1. The van der Waals surface area contributed by atoms with Crippen molar-refractivity contribution in [3.63, 3.8) is 0 Å². The van der Waals surface area contributed by atoms with Crippen LogP contribution in [-0.2, 0) is 11.3 Å². The van der Waals surface area contributed by atoms with Crippen molar-refractivity contribution >= 4 is 29.2 Å². The Hall–Kier alpha value is -1.69. The molecule has 3 rings (SSSR count). The summed E-state index contributed by atoms with van der Waals surface area (Å²) in [5.74, 6) is -0.219. The third kappa shape index (κ3) is 2.75. The minimum Gasteiger partial charge on any atom is -0.353 e. The first-order chi connectivity index (χ1) is 9.65. The molecule has 2 aromatic rings. The van der Waals surface area contributed by atoms with E-state index in [0.717, 1.165) is 18.4 Å². The summed E-state index contributed by atoms with van der Waals surface area (Å²) in [4.78, 5) is 14.5. The lowest BCUT2D eigenvalue weighted by Gasteiger charge is -2.05. The smallest absolute Gasteiger partial charge is 0.220 e. The minimum absolute atomic E-state index is 0.0880. The second kappa shape index (κ2) is 5.36. The van der Waals surface area contributed by atoms with Gasteiger partial charge in [0.1, 0.15) is 11.3 Å². The van der Waals surface area contributed by atoms with E-state index in [0.29, 0.717) is 35.7 Å². The maximum absolute atomic E-state index is 13.6. The number of para-hydroxylation sites is 1. The van der Waals surface area contributed by atoms with Crippen LogP contribution in [0.5, 0.6) is 0 Å². The Morgan fingerprint density at radius 1 is 1.50 bits per heavy atom. The number of carbonyl (C=O) groups excluding carboxylic acids is 1. The molecule has 0 atom stereocenters. The van der Waals surface area contributed by atoms with Crippen LogP contribution < -0.4 is 5.32 Å². The number of H-pyrrole nitrogens is 1. The quantitative estimate of drug-likeness (QED) is 0.833. The maximum atomic E-state index is 13.6. The fraction of sp³-hybridized carbons (Fsp3) is 0.429. The van der Waals surface area contributed by atoms with Crippen molar-refractivity contribution in [3.05, 3.63) is 28.8 Å². The van der Waals surface area contributed by atoms with Gasteiger partial charge in [0.25, 0.3) is 0 Å². The van der Waals surface area contributed by atoms with Gasteiger partial charge >= 0.3 is 0 Å². The summed E-state index contributed by atoms with van der Waals surface area (Å²) in [6.45, 7) is 0.611. The average Bonchev–Trinajstić information content (AvgIpc) is 3.15. The van der Waals surface area contributed by atoms with E-state index in [4.69, 9.17) is 12.2 Å². The van der Waals surface area contributed by atoms with Crippen molar-refractivity contribution in [2.75, 3.05) is 0 Å². The van der Waals surface area contributed by atoms with E-state index in [9.17, 15) is 9.18 Å². The highest BCUT2D eigenvalue weighted by Gasteiger charge is 2.22. The molecule has 6 heteroatoms. The van der Waals surface area contributed by atoms with Crippen molar-refractivity contribution in [1.29, 1.82) is 0 Å². The Kier molecular flexibility index (Phi) is 3.56. The molecule has 1 aliphatic rings. The molecule has 0 spiro atoms. The summed E-state index contributed by atoms with van der Waals surface area (Å²) < 4.78 is 16.0. The fourth-order valence-corrected chi connectivity index (χ4v) is 2.58. The molecule has 1 aromatic heterocycles. The molecule has 1 fully saturated rings. The first-order valence-corrected chi connectivity index (χ1v) is 7.22. The van der Waals surface area contributed by atoms with Crippen LogP contribution in [0.2, 0.25) is 0 Å². The molecule has 0 unspecified atom stereocenters. The standard InChI is InChI=1S/C14H16FN3OS/c15-10-3-1-4-11-13(10)17-14(20)18(11)8-2-5-12(19)16-9-6-7-9/h1,3-4,9H,2,5-8H2,(H,16,19)(H,17,20). The Morgan fingerprint density at radius 2 is 2.30 bits per heavy atom. The van der Waals surface area contributed by atoms with Crippen LogP contribution in [0.1, 0.15) is 25.7 Å². The number of nitrogens with one attached hydrogen (secondary N) is 2. The molecule has 1 heterocycles. The summed E-state index contributed by atoms with van der Waals surface area (Å²) in [6, 6.07) is 5.29. The Labute approximate surface area is 121 Å². The van der Waals surface area contributed by atoms with E-state index in [-0.39, 0.29) is 11.7 Å². The molecule has 0 saturated heterocycles. The molecule has 1 amide bonds. The number of benzene rings is 1. The highest BCUT2D eigenvalue weighted by atomic mass is 32.1. The van der Waals surface area contributed by atoms with Gasteiger partial charge in [-0.2, -0.15) is 0 Å². The van der Waals surface area contributed by atoms with Gasteiger partial charge in [0.05, 0.1) is 5.52 Å². The Balaban J connectivity index is 1.67. The Morgan fingerprint density at radius 3 is 3.05 bits per heavy atom. The SMILES string of the molecule is O=C(CCCn1c(=S)[nH]c2c(F)cccc21)NC1CC1. The van der Waals surface area contributed by atoms with Crippen LogP contribution in [-0.4, -0.2) is 21.5 Å². The summed E-state index contributed by atoms with van der Waals surface area (Å²) in [6.07, 6.45) is 3.35. The van der Waals surface area contributed by atoms with Gasteiger partial charge in [-0.15, -0.1) is 0 Å². The highest BCUT2D eigenvalue weighted by molar-refractivity contribution is 7.71. The monoisotopic (exact) mass is 293 g/mol. The number of amides is 1. The van der Waals surface area contributed by atoms with E-state index in [1.54, 1.807) is 6.07 Å². The fourth-order valence-electron chi connectivity index (χ4n) is 2.29. The number of nitrogens with zero attached hydrogens (tertiary/aromatic N) is 1. The number of rotatable bonds is 5. The van der Waals surface area contributed by atoms with Gasteiger partial charge in [-0.3, -0.25) is 4.79 Å². The number of fused-ring (bicyclic) bond motifs is 1. The molecule has 1 aliphatic carbocycles. The van der Waals surface area contributed by atoms with Crippen molar-refractivity contribution in [3.8, 4) is 0 Å². The number of hydrogen-bond acceptors (Lipinski definition) is 2. The average molecular weight is 293 g/mol. The van der Waals surface area contributed by atoms with Gasteiger partial charge in [0, 0.05) is 19.0 Å². The van der Waals surface area contributed by atoms with E-state index >= 15 is 0 Å². The molecule has 0 aliphatic heterocycles. The van der Waals surface area contributed by atoms with E-state index in [2.05, 4.69) is 10.3 Å². The third-order valence-corrected chi connectivity index (χ3v) is 3.81. The number of aromatic nitrogens is 2. The normalized spacial score (nSPS) is 14.7. The van der Waals surface area contributed by atoms with E-state index in [1.807, 2.05) is 10.6 Å². The molecular formula is C14H16FN3OS. The van der Waals surface area contributed by atoms with E-state index in [1.165, 1.54) is 6.07 Å². The van der Waals surface area contributed by atoms with Crippen LogP contribution in [0.4, 0.5) is 4.39 Å². The second-order valence-electron chi connectivity index (χ2n) is 5.16. The van der Waals surface area contributed by atoms with Crippen LogP contribution >= 0.6 is 12.2 Å². The first-order valence-electron chi connectivity index (χ1n) is 6.81. The summed E-state index contributed by atoms with van der Waals surface area (Å²) in [5.41, 5.74) is 1.18. The lowest BCUT2D eigenvalue weighted by Crippen LogP contribution is -2.25. The van der Waals surface area contributed by atoms with Crippen molar-refractivity contribution in [2.24, 2.45) is 0 Å². The minimum atomic E-state index is -0.307. The number of aryl methyl sites for hydroxylation is 1. The van der Waals surface area contributed by atoms with Gasteiger partial charge in [0.15, 0.2) is 4.77 Å². The summed E-state index contributed by atoms with van der Waals surface area (Å²) in [7, 11) is 0. The lowest BCUT2D eigenvalue weighted by molar-refractivity contribution is -0.121. The zero-order valence-electron chi connectivity index (χ0n) is 11.0. The predicted octanol–water partition coefficient (Wildman–Crippen LogP) is 2.90. The molecular weight excluding hydrogens is 277 g/mol. The van der Waals surface area contributed by atoms with Gasteiger partial charge in [-0.25, -0.2) is 4.39 Å². The van der Waals surface area contributed by atoms with Gasteiger partial charge in [0.2, 0.25) is 5.91 Å². The van der Waals surface area contributed by atoms with Crippen LogP contribution in [0, 0.1) is 10.6 Å². The van der Waals surface area contributed by atoms with Crippen molar-refractivity contribution < 1.29 is 9.18 Å². The third-order valence-electron chi connectivity index (χ3n) is 3.49. The molecule has 0 bridgehead atoms. The molecule has 4 nitrogen and oxygen atoms in total. The number of aromatic amines is 1. The first kappa shape index (κ1) is 13.3. The lowest BCUT2D eigenvalue weighted by atomic mass is 10.2.